The van der Waals surface area contributed by atoms with Crippen LogP contribution in [0.4, 0.5) is 0 Å². The van der Waals surface area contributed by atoms with Crippen molar-refractivity contribution in [2.24, 2.45) is 5.41 Å². The Morgan fingerprint density at radius 3 is 2.19 bits per heavy atom. The maximum absolute atomic E-state index is 2.53. The van der Waals surface area contributed by atoms with E-state index in [1.54, 1.807) is 6.55 Å². The summed E-state index contributed by atoms with van der Waals surface area (Å²) in [6.07, 6.45) is 2.35. The van der Waals surface area contributed by atoms with Crippen molar-refractivity contribution in [2.75, 3.05) is 0 Å². The van der Waals surface area contributed by atoms with Crippen molar-refractivity contribution in [3.63, 3.8) is 0 Å². The molecule has 1 aliphatic rings. The van der Waals surface area contributed by atoms with Gasteiger partial charge in [-0.05, 0) is 0 Å². The minimum absolute atomic E-state index is 0.335. The zero-order valence-electron chi connectivity index (χ0n) is 10.5. The second-order valence-corrected chi connectivity index (χ2v) is 13.1. The van der Waals surface area contributed by atoms with E-state index in [9.17, 15) is 0 Å². The summed E-state index contributed by atoms with van der Waals surface area (Å²) in [6, 6.07) is 11.1. The van der Waals surface area contributed by atoms with E-state index in [4.69, 9.17) is 0 Å². The van der Waals surface area contributed by atoms with Crippen molar-refractivity contribution in [3.05, 3.63) is 49.0 Å². The van der Waals surface area contributed by atoms with Crippen molar-refractivity contribution in [1.29, 1.82) is 0 Å². The molecule has 0 spiro atoms. The first-order valence-corrected chi connectivity index (χ1v) is 11.2. The van der Waals surface area contributed by atoms with Crippen LogP contribution in [0.2, 0.25) is 0 Å². The van der Waals surface area contributed by atoms with E-state index < -0.39 is 21.8 Å². The first-order valence-electron chi connectivity index (χ1n) is 5.74. The summed E-state index contributed by atoms with van der Waals surface area (Å²) in [4.78, 5) is 0. The molecule has 0 bridgehead atoms. The van der Waals surface area contributed by atoms with Gasteiger partial charge in [0.15, 0.2) is 0 Å². The summed E-state index contributed by atoms with van der Waals surface area (Å²) in [6.45, 7) is 9.33. The van der Waals surface area contributed by atoms with Gasteiger partial charge in [0, 0.05) is 0 Å². The van der Waals surface area contributed by atoms with Crippen LogP contribution >= 0.6 is 0 Å². The normalized spacial score (nSPS) is 17.2. The summed E-state index contributed by atoms with van der Waals surface area (Å²) < 4.78 is 5.89. The second-order valence-electron chi connectivity index (χ2n) is 5.30. The third-order valence-electron chi connectivity index (χ3n) is 2.83. The Hall–Kier alpha value is -0.417. The van der Waals surface area contributed by atoms with E-state index in [-0.39, 0.29) is 0 Å². The van der Waals surface area contributed by atoms with Gasteiger partial charge in [-0.1, -0.05) is 0 Å². The molecular weight excluding hydrogens is 389 g/mol. The van der Waals surface area contributed by atoms with Crippen molar-refractivity contribution < 1.29 is 0 Å². The monoisotopic (exact) mass is 408 g/mol. The molecule has 1 aliphatic heterocycles. The molecule has 1 aromatic carbocycles. The van der Waals surface area contributed by atoms with Gasteiger partial charge in [0.05, 0.1) is 0 Å². The summed E-state index contributed by atoms with van der Waals surface area (Å²) in [5.41, 5.74) is 1.86. The molecule has 0 fully saturated rings. The van der Waals surface area contributed by atoms with E-state index in [1.165, 1.54) is 5.57 Å². The number of hydrogen-bond acceptors (Lipinski definition) is 0. The molecule has 0 nitrogen and oxygen atoms in total. The number of hydrogen-bond donors (Lipinski definition) is 0. The van der Waals surface area contributed by atoms with Crippen molar-refractivity contribution in [1.82, 2.24) is 0 Å². The van der Waals surface area contributed by atoms with Gasteiger partial charge in [0.2, 0.25) is 0 Å². The Morgan fingerprint density at radius 2 is 1.62 bits per heavy atom. The van der Waals surface area contributed by atoms with Gasteiger partial charge in [-0.15, -0.1) is 0 Å². The molecule has 0 aliphatic carbocycles. The molecule has 84 valence electrons. The third kappa shape index (κ3) is 2.30. The van der Waals surface area contributed by atoms with Crippen LogP contribution in [-0.2, 0) is 0 Å². The van der Waals surface area contributed by atoms with Gasteiger partial charge in [-0.2, -0.15) is 0 Å². The molecule has 1 aromatic rings. The molecule has 16 heavy (non-hydrogen) atoms. The molecule has 0 unspecified atom stereocenters. The summed E-state index contributed by atoms with van der Waals surface area (Å²) >= 11 is -1.74. The van der Waals surface area contributed by atoms with Crippen LogP contribution in [0.3, 0.4) is 0 Å². The Kier molecular flexibility index (Phi) is 3.35. The van der Waals surface area contributed by atoms with Gasteiger partial charge in [0.1, 0.15) is 0 Å². The fraction of sp³-hybridized carbons (Fsp3) is 0.333. The average molecular weight is 408 g/mol. The van der Waals surface area contributed by atoms with Crippen molar-refractivity contribution in [3.8, 4) is 0 Å². The van der Waals surface area contributed by atoms with E-state index in [0.717, 1.165) is 0 Å². The minimum atomic E-state index is -1.74. The predicted octanol–water partition coefficient (Wildman–Crippen LogP) is 3.40. The van der Waals surface area contributed by atoms with Crippen LogP contribution in [0.15, 0.2) is 49.0 Å². The molecule has 1 heterocycles. The number of rotatable bonds is 1. The fourth-order valence-electron chi connectivity index (χ4n) is 2.29. The summed E-state index contributed by atoms with van der Waals surface area (Å²) in [5.74, 6) is 0. The number of benzene rings is 1. The molecule has 0 atom stereocenters. The van der Waals surface area contributed by atoms with Crippen LogP contribution in [0.25, 0.3) is 0 Å². The zero-order chi connectivity index (χ0) is 11.8. The Bertz CT molecular complexity index is 432. The van der Waals surface area contributed by atoms with Crippen LogP contribution in [-0.4, -0.2) is 21.8 Å². The maximum atomic E-state index is 2.53. The molecule has 0 saturated heterocycles. The standard InChI is InChI=1S/C9H14.C6H5.Bi/c1-6-8(2)7-9(3,4)5;1-2-4-6-5-3-1;/h1,6H,2-5H3;1-5H;. The molecule has 0 radical (unpaired) electrons. The van der Waals surface area contributed by atoms with E-state index >= 15 is 0 Å². The van der Waals surface area contributed by atoms with Gasteiger partial charge in [-0.25, -0.2) is 0 Å². The van der Waals surface area contributed by atoms with Gasteiger partial charge >= 0.3 is 107 Å². The first kappa shape index (κ1) is 12.1. The molecule has 0 aromatic heterocycles. The van der Waals surface area contributed by atoms with Crippen LogP contribution in [0, 0.1) is 5.41 Å². The Labute approximate surface area is 107 Å². The van der Waals surface area contributed by atoms with Crippen molar-refractivity contribution in [2.45, 2.75) is 27.7 Å². The quantitative estimate of drug-likeness (QED) is 0.625. The molecule has 0 saturated carbocycles. The summed E-state index contributed by atoms with van der Waals surface area (Å²) in [7, 11) is 0. The Balaban J connectivity index is 2.42. The molecule has 0 amide bonds. The predicted molar refractivity (Wildman–Crippen MR) is 73.1 cm³/mol. The second kappa shape index (κ2) is 4.45. The van der Waals surface area contributed by atoms with Crippen LogP contribution in [0.5, 0.6) is 0 Å². The van der Waals surface area contributed by atoms with E-state index in [2.05, 4.69) is 67.9 Å². The average Bonchev–Trinajstić information content (AvgIpc) is 2.61. The molecule has 1 heteroatoms. The SMILES string of the molecule is CC1=[C](C(C)(C)C)[Bi]([c]2ccccc2)[CH]=C1. The first-order chi connectivity index (χ1) is 7.50. The topological polar surface area (TPSA) is 0 Å². The third-order valence-corrected chi connectivity index (χ3v) is 13.7. The van der Waals surface area contributed by atoms with Crippen molar-refractivity contribution >= 4 is 25.0 Å². The van der Waals surface area contributed by atoms with Gasteiger partial charge in [0.25, 0.3) is 0 Å². The molecule has 0 N–H and O–H groups in total. The van der Waals surface area contributed by atoms with E-state index in [1.807, 2.05) is 0 Å². The van der Waals surface area contributed by atoms with Crippen LogP contribution in [0.1, 0.15) is 27.7 Å². The molecule has 2 rings (SSSR count). The molecular formula is C15H19Bi. The fourth-order valence-corrected chi connectivity index (χ4v) is 12.5. The summed E-state index contributed by atoms with van der Waals surface area (Å²) in [5, 5.41) is 0. The number of allylic oxidation sites excluding steroid dienone is 3. The van der Waals surface area contributed by atoms with Crippen LogP contribution < -0.4 is 3.27 Å². The Morgan fingerprint density at radius 1 is 1.00 bits per heavy atom. The van der Waals surface area contributed by atoms with Gasteiger partial charge in [-0.3, -0.25) is 0 Å². The van der Waals surface area contributed by atoms with Gasteiger partial charge < -0.3 is 0 Å². The zero-order valence-corrected chi connectivity index (χ0v) is 14.0. The van der Waals surface area contributed by atoms with E-state index in [0.29, 0.717) is 5.41 Å².